The van der Waals surface area contributed by atoms with E-state index in [-0.39, 0.29) is 11.8 Å². The van der Waals surface area contributed by atoms with Gasteiger partial charge in [-0.25, -0.2) is 0 Å². The topological polar surface area (TPSA) is 49.4 Å². The van der Waals surface area contributed by atoms with Crippen molar-refractivity contribution in [2.45, 2.75) is 27.2 Å². The minimum Gasteiger partial charge on any atom is -0.350 e. The highest BCUT2D eigenvalue weighted by Crippen LogP contribution is 2.32. The highest BCUT2D eigenvalue weighted by molar-refractivity contribution is 6.36. The van der Waals surface area contributed by atoms with Crippen LogP contribution in [0.2, 0.25) is 0 Å². The summed E-state index contributed by atoms with van der Waals surface area (Å²) in [7, 11) is 0. The third kappa shape index (κ3) is 4.29. The highest BCUT2D eigenvalue weighted by Gasteiger charge is 2.39. The molecule has 0 aliphatic carbocycles. The number of benzene rings is 3. The zero-order valence-corrected chi connectivity index (χ0v) is 18.1. The maximum atomic E-state index is 13.4. The molecule has 0 aromatic heterocycles. The van der Waals surface area contributed by atoms with Crippen molar-refractivity contribution in [2.75, 3.05) is 11.9 Å². The number of rotatable bonds is 6. The molecule has 0 bridgehead atoms. The molecule has 4 nitrogen and oxygen atoms in total. The van der Waals surface area contributed by atoms with Gasteiger partial charge in [0.25, 0.3) is 11.8 Å². The second-order valence-corrected chi connectivity index (χ2v) is 8.06. The molecule has 1 heterocycles. The summed E-state index contributed by atoms with van der Waals surface area (Å²) in [4.78, 5) is 28.1. The fourth-order valence-corrected chi connectivity index (χ4v) is 3.77. The minimum absolute atomic E-state index is 0.252. The van der Waals surface area contributed by atoms with Gasteiger partial charge in [-0.2, -0.15) is 0 Å². The molecule has 4 heteroatoms. The van der Waals surface area contributed by atoms with E-state index in [1.807, 2.05) is 93.6 Å². The summed E-state index contributed by atoms with van der Waals surface area (Å²) in [6, 6.07) is 23.7. The Morgan fingerprint density at radius 3 is 2.16 bits per heavy atom. The van der Waals surface area contributed by atoms with Crippen LogP contribution in [0.1, 0.15) is 27.8 Å². The number of hydrogen-bond acceptors (Lipinski definition) is 3. The Morgan fingerprint density at radius 2 is 1.45 bits per heavy atom. The third-order valence-corrected chi connectivity index (χ3v) is 5.63. The molecule has 1 aliphatic heterocycles. The van der Waals surface area contributed by atoms with Crippen molar-refractivity contribution in [1.29, 1.82) is 0 Å². The monoisotopic (exact) mass is 410 g/mol. The third-order valence-electron chi connectivity index (χ3n) is 5.63. The molecule has 2 amide bonds. The van der Waals surface area contributed by atoms with Crippen molar-refractivity contribution in [2.24, 2.45) is 0 Å². The van der Waals surface area contributed by atoms with Crippen molar-refractivity contribution in [3.63, 3.8) is 0 Å². The van der Waals surface area contributed by atoms with E-state index < -0.39 is 0 Å². The lowest BCUT2D eigenvalue weighted by molar-refractivity contribution is -0.136. The molecule has 0 spiro atoms. The van der Waals surface area contributed by atoms with E-state index in [1.54, 1.807) is 0 Å². The van der Waals surface area contributed by atoms with Gasteiger partial charge in [0.15, 0.2) is 0 Å². The van der Waals surface area contributed by atoms with Crippen molar-refractivity contribution in [3.8, 4) is 0 Å². The molecule has 0 atom stereocenters. The van der Waals surface area contributed by atoms with Gasteiger partial charge in [0.05, 0.1) is 5.57 Å². The summed E-state index contributed by atoms with van der Waals surface area (Å²) in [6.45, 7) is 6.34. The highest BCUT2D eigenvalue weighted by atomic mass is 16.2. The average molecular weight is 411 g/mol. The van der Waals surface area contributed by atoms with Gasteiger partial charge >= 0.3 is 0 Å². The summed E-state index contributed by atoms with van der Waals surface area (Å²) in [5.74, 6) is -0.532. The van der Waals surface area contributed by atoms with E-state index >= 15 is 0 Å². The summed E-state index contributed by atoms with van der Waals surface area (Å²) in [6.07, 6.45) is 0.621. The van der Waals surface area contributed by atoms with Gasteiger partial charge in [-0.15, -0.1) is 0 Å². The summed E-state index contributed by atoms with van der Waals surface area (Å²) < 4.78 is 0. The van der Waals surface area contributed by atoms with Crippen LogP contribution in [0, 0.1) is 20.8 Å². The molecule has 0 radical (unpaired) electrons. The van der Waals surface area contributed by atoms with Gasteiger partial charge in [-0.05, 0) is 55.5 Å². The molecule has 3 aromatic rings. The number of amides is 2. The Bertz CT molecular complexity index is 1160. The molecule has 31 heavy (non-hydrogen) atoms. The van der Waals surface area contributed by atoms with E-state index in [4.69, 9.17) is 0 Å². The summed E-state index contributed by atoms with van der Waals surface area (Å²) >= 11 is 0. The predicted molar refractivity (Wildman–Crippen MR) is 125 cm³/mol. The molecule has 0 saturated heterocycles. The first-order valence-corrected chi connectivity index (χ1v) is 10.5. The minimum atomic E-state index is -0.280. The lowest BCUT2D eigenvalue weighted by atomic mass is 10.0. The van der Waals surface area contributed by atoms with Gasteiger partial charge in [0, 0.05) is 12.2 Å². The number of hydrogen-bond donors (Lipinski definition) is 1. The molecule has 0 saturated carbocycles. The van der Waals surface area contributed by atoms with Crippen molar-refractivity contribution in [1.82, 2.24) is 4.90 Å². The number of anilines is 1. The quantitative estimate of drug-likeness (QED) is 0.579. The maximum absolute atomic E-state index is 13.4. The number of aryl methyl sites for hydroxylation is 3. The number of carbonyl (C=O) groups is 2. The maximum Gasteiger partial charge on any atom is 0.278 e. The molecular weight excluding hydrogens is 384 g/mol. The molecule has 156 valence electrons. The first-order valence-electron chi connectivity index (χ1n) is 10.5. The van der Waals surface area contributed by atoms with Crippen LogP contribution in [0.25, 0.3) is 5.57 Å². The largest absolute Gasteiger partial charge is 0.350 e. The van der Waals surface area contributed by atoms with Crippen LogP contribution in [-0.2, 0) is 16.0 Å². The molecular formula is C27H26N2O2. The number of nitrogens with zero attached hydrogens (tertiary/aromatic N) is 1. The van der Waals surface area contributed by atoms with Crippen LogP contribution in [0.5, 0.6) is 0 Å². The molecule has 3 aromatic carbocycles. The zero-order valence-electron chi connectivity index (χ0n) is 18.1. The van der Waals surface area contributed by atoms with Gasteiger partial charge in [-0.1, -0.05) is 72.3 Å². The van der Waals surface area contributed by atoms with Crippen molar-refractivity contribution < 1.29 is 9.59 Å². The van der Waals surface area contributed by atoms with Crippen LogP contribution < -0.4 is 5.32 Å². The fraction of sp³-hybridized carbons (Fsp3) is 0.185. The fourth-order valence-electron chi connectivity index (χ4n) is 3.77. The number of nitrogens with one attached hydrogen (secondary N) is 1. The molecule has 4 rings (SSSR count). The zero-order chi connectivity index (χ0) is 22.0. The summed E-state index contributed by atoms with van der Waals surface area (Å²) in [5.41, 5.74) is 6.66. The Morgan fingerprint density at radius 1 is 0.774 bits per heavy atom. The van der Waals surface area contributed by atoms with Crippen molar-refractivity contribution in [3.05, 3.63) is 106 Å². The van der Waals surface area contributed by atoms with E-state index in [1.165, 1.54) is 4.90 Å². The first kappa shape index (κ1) is 20.6. The number of carbonyl (C=O) groups excluding carboxylic acids is 2. The predicted octanol–water partition coefficient (Wildman–Crippen LogP) is 5.05. The number of imide groups is 1. The Kier molecular flexibility index (Phi) is 5.72. The van der Waals surface area contributed by atoms with Gasteiger partial charge in [0.1, 0.15) is 5.70 Å². The van der Waals surface area contributed by atoms with Crippen molar-refractivity contribution >= 4 is 23.1 Å². The first-order chi connectivity index (χ1) is 14.9. The SMILES string of the molecule is Cc1ccc(C2=C(Nc3cc(C)ccc3C)C(=O)N(CCc3ccccc3)C2=O)cc1. The van der Waals surface area contributed by atoms with E-state index in [2.05, 4.69) is 5.32 Å². The lowest BCUT2D eigenvalue weighted by Crippen LogP contribution is -2.34. The van der Waals surface area contributed by atoms with E-state index in [0.717, 1.165) is 33.5 Å². The molecule has 0 fully saturated rings. The normalized spacial score (nSPS) is 13.8. The molecule has 0 unspecified atom stereocenters. The van der Waals surface area contributed by atoms with Crippen LogP contribution >= 0.6 is 0 Å². The van der Waals surface area contributed by atoms with E-state index in [0.29, 0.717) is 24.2 Å². The Balaban J connectivity index is 1.70. The molecule has 1 aliphatic rings. The second kappa shape index (κ2) is 8.60. The summed E-state index contributed by atoms with van der Waals surface area (Å²) in [5, 5.41) is 3.29. The lowest BCUT2D eigenvalue weighted by Gasteiger charge is -2.16. The van der Waals surface area contributed by atoms with Crippen LogP contribution in [0.15, 0.2) is 78.5 Å². The standard InChI is InChI=1S/C27H26N2O2/c1-18-10-13-22(14-11-18)24-25(28-23-17-19(2)9-12-20(23)3)27(31)29(26(24)30)16-15-21-7-5-4-6-8-21/h4-14,17,28H,15-16H2,1-3H3. The van der Waals surface area contributed by atoms with Crippen LogP contribution in [0.3, 0.4) is 0 Å². The Labute approximate surface area is 183 Å². The van der Waals surface area contributed by atoms with Crippen LogP contribution in [0.4, 0.5) is 5.69 Å². The van der Waals surface area contributed by atoms with Gasteiger partial charge in [0.2, 0.25) is 0 Å². The van der Waals surface area contributed by atoms with Crippen LogP contribution in [-0.4, -0.2) is 23.3 Å². The molecule has 1 N–H and O–H groups in total. The second-order valence-electron chi connectivity index (χ2n) is 8.06. The average Bonchev–Trinajstić information content (AvgIpc) is 3.00. The van der Waals surface area contributed by atoms with Gasteiger partial charge < -0.3 is 5.32 Å². The van der Waals surface area contributed by atoms with Gasteiger partial charge in [-0.3, -0.25) is 14.5 Å². The smallest absolute Gasteiger partial charge is 0.278 e. The Hall–Kier alpha value is -3.66. The van der Waals surface area contributed by atoms with E-state index in [9.17, 15) is 9.59 Å².